The lowest BCUT2D eigenvalue weighted by Gasteiger charge is -2.23. The van der Waals surface area contributed by atoms with E-state index in [0.29, 0.717) is 24.6 Å². The van der Waals surface area contributed by atoms with Gasteiger partial charge in [-0.25, -0.2) is 9.59 Å². The summed E-state index contributed by atoms with van der Waals surface area (Å²) >= 11 is 0. The van der Waals surface area contributed by atoms with Crippen molar-refractivity contribution in [2.45, 2.75) is 45.6 Å². The highest BCUT2D eigenvalue weighted by molar-refractivity contribution is 5.98. The van der Waals surface area contributed by atoms with E-state index in [9.17, 15) is 14.7 Å². The van der Waals surface area contributed by atoms with Gasteiger partial charge in [0.2, 0.25) is 0 Å². The number of anilines is 1. The van der Waals surface area contributed by atoms with Gasteiger partial charge in [-0.2, -0.15) is 0 Å². The number of carboxylic acid groups (broad SMARTS) is 1. The molecule has 1 aromatic carbocycles. The van der Waals surface area contributed by atoms with E-state index in [4.69, 9.17) is 4.74 Å². The van der Waals surface area contributed by atoms with Crippen molar-refractivity contribution in [2.75, 3.05) is 11.5 Å². The fourth-order valence-corrected chi connectivity index (χ4v) is 2.88. The van der Waals surface area contributed by atoms with Crippen LogP contribution in [0.15, 0.2) is 24.3 Å². The van der Waals surface area contributed by atoms with Gasteiger partial charge in [0, 0.05) is 6.42 Å². The molecule has 0 saturated heterocycles. The Bertz CT molecular complexity index is 543. The molecule has 2 unspecified atom stereocenters. The summed E-state index contributed by atoms with van der Waals surface area (Å²) in [6.45, 7) is 4.51. The van der Waals surface area contributed by atoms with Crippen LogP contribution in [-0.2, 0) is 16.0 Å². The molecule has 0 fully saturated rings. The van der Waals surface area contributed by atoms with Crippen molar-refractivity contribution in [1.82, 2.24) is 0 Å². The molecule has 1 heterocycles. The van der Waals surface area contributed by atoms with Crippen molar-refractivity contribution in [1.29, 1.82) is 0 Å². The van der Waals surface area contributed by atoms with Crippen molar-refractivity contribution in [2.24, 2.45) is 5.92 Å². The van der Waals surface area contributed by atoms with E-state index in [-0.39, 0.29) is 0 Å². The fourth-order valence-electron chi connectivity index (χ4n) is 2.88. The lowest BCUT2D eigenvalue weighted by atomic mass is 10.0. The topological polar surface area (TPSA) is 66.8 Å². The smallest absolute Gasteiger partial charge is 0.415 e. The summed E-state index contributed by atoms with van der Waals surface area (Å²) < 4.78 is 5.39. The standard InChI is InChI=1S/C17H23NO4/c1-3-7-12(4-2)11-22-17(21)18-14-9-6-5-8-13(14)10-15(18)16(19)20/h5-6,8-9,12,15H,3-4,7,10-11H2,1-2H3,(H,19,20). The van der Waals surface area contributed by atoms with Crippen LogP contribution in [0.4, 0.5) is 10.5 Å². The summed E-state index contributed by atoms with van der Waals surface area (Å²) in [5.41, 5.74) is 1.51. The summed E-state index contributed by atoms with van der Waals surface area (Å²) in [5, 5.41) is 9.36. The molecule has 120 valence electrons. The number of para-hydroxylation sites is 1. The molecule has 2 rings (SSSR count). The second-order valence-electron chi connectivity index (χ2n) is 5.70. The van der Waals surface area contributed by atoms with Crippen LogP contribution in [0.25, 0.3) is 0 Å². The number of rotatable bonds is 6. The van der Waals surface area contributed by atoms with Gasteiger partial charge in [-0.1, -0.05) is 44.9 Å². The number of hydrogen-bond donors (Lipinski definition) is 1. The normalized spacial score (nSPS) is 17.9. The van der Waals surface area contributed by atoms with Crippen LogP contribution in [0.2, 0.25) is 0 Å². The average Bonchev–Trinajstić information content (AvgIpc) is 2.91. The Morgan fingerprint density at radius 1 is 1.36 bits per heavy atom. The SMILES string of the molecule is CCCC(CC)COC(=O)N1c2ccccc2CC1C(=O)O. The van der Waals surface area contributed by atoms with E-state index >= 15 is 0 Å². The Balaban J connectivity index is 2.10. The highest BCUT2D eigenvalue weighted by Crippen LogP contribution is 2.32. The molecule has 1 N–H and O–H groups in total. The molecule has 0 radical (unpaired) electrons. The van der Waals surface area contributed by atoms with Gasteiger partial charge in [0.05, 0.1) is 12.3 Å². The van der Waals surface area contributed by atoms with Gasteiger partial charge in [0.15, 0.2) is 0 Å². The van der Waals surface area contributed by atoms with E-state index in [1.165, 1.54) is 4.90 Å². The number of aliphatic carboxylic acids is 1. The molecule has 0 saturated carbocycles. The van der Waals surface area contributed by atoms with Crippen molar-refractivity contribution in [3.63, 3.8) is 0 Å². The summed E-state index contributed by atoms with van der Waals surface area (Å²) in [6, 6.07) is 6.39. The lowest BCUT2D eigenvalue weighted by Crippen LogP contribution is -2.43. The summed E-state index contributed by atoms with van der Waals surface area (Å²) in [7, 11) is 0. The average molecular weight is 305 g/mol. The number of amides is 1. The van der Waals surface area contributed by atoms with Crippen LogP contribution in [0.5, 0.6) is 0 Å². The number of nitrogens with zero attached hydrogens (tertiary/aromatic N) is 1. The molecule has 0 bridgehead atoms. The molecule has 0 aliphatic carbocycles. The number of hydrogen-bond acceptors (Lipinski definition) is 3. The van der Waals surface area contributed by atoms with Crippen LogP contribution in [-0.4, -0.2) is 29.8 Å². The van der Waals surface area contributed by atoms with E-state index in [1.54, 1.807) is 12.1 Å². The van der Waals surface area contributed by atoms with Crippen LogP contribution in [0, 0.1) is 5.92 Å². The maximum Gasteiger partial charge on any atom is 0.415 e. The molecular weight excluding hydrogens is 282 g/mol. The van der Waals surface area contributed by atoms with Crippen LogP contribution in [0.1, 0.15) is 38.7 Å². The van der Waals surface area contributed by atoms with Crippen LogP contribution < -0.4 is 4.90 Å². The Morgan fingerprint density at radius 3 is 2.73 bits per heavy atom. The zero-order valence-corrected chi connectivity index (χ0v) is 13.1. The first kappa shape index (κ1) is 16.3. The zero-order chi connectivity index (χ0) is 16.1. The number of carbonyl (C=O) groups excluding carboxylic acids is 1. The highest BCUT2D eigenvalue weighted by atomic mass is 16.6. The van der Waals surface area contributed by atoms with Crippen molar-refractivity contribution >= 4 is 17.7 Å². The molecule has 5 heteroatoms. The van der Waals surface area contributed by atoms with Gasteiger partial charge in [-0.3, -0.25) is 4.90 Å². The second kappa shape index (κ2) is 7.29. The third-order valence-electron chi connectivity index (χ3n) is 4.17. The summed E-state index contributed by atoms with van der Waals surface area (Å²) in [6.07, 6.45) is 2.75. The Hall–Kier alpha value is -2.04. The minimum atomic E-state index is -1.01. The largest absolute Gasteiger partial charge is 0.480 e. The maximum absolute atomic E-state index is 12.4. The first-order valence-corrected chi connectivity index (χ1v) is 7.85. The Labute approximate surface area is 130 Å². The molecule has 1 aromatic rings. The van der Waals surface area contributed by atoms with Gasteiger partial charge >= 0.3 is 12.1 Å². The van der Waals surface area contributed by atoms with Crippen molar-refractivity contribution in [3.8, 4) is 0 Å². The number of carbonyl (C=O) groups is 2. The van der Waals surface area contributed by atoms with Gasteiger partial charge in [-0.05, 0) is 24.0 Å². The van der Waals surface area contributed by atoms with Gasteiger partial charge in [0.25, 0.3) is 0 Å². The number of benzene rings is 1. The molecule has 22 heavy (non-hydrogen) atoms. The fraction of sp³-hybridized carbons (Fsp3) is 0.529. The minimum Gasteiger partial charge on any atom is -0.480 e. The molecule has 0 spiro atoms. The number of ether oxygens (including phenoxy) is 1. The molecular formula is C17H23NO4. The molecule has 1 aliphatic rings. The predicted molar refractivity (Wildman–Crippen MR) is 84.1 cm³/mol. The van der Waals surface area contributed by atoms with E-state index in [1.807, 2.05) is 12.1 Å². The first-order valence-electron chi connectivity index (χ1n) is 7.85. The zero-order valence-electron chi connectivity index (χ0n) is 13.1. The minimum absolute atomic E-state index is 0.326. The molecule has 2 atom stereocenters. The van der Waals surface area contributed by atoms with Gasteiger partial charge < -0.3 is 9.84 Å². The third kappa shape index (κ3) is 3.40. The lowest BCUT2D eigenvalue weighted by molar-refractivity contribution is -0.138. The predicted octanol–water partition coefficient (Wildman–Crippen LogP) is 3.47. The Morgan fingerprint density at radius 2 is 2.09 bits per heavy atom. The van der Waals surface area contributed by atoms with Crippen LogP contribution >= 0.6 is 0 Å². The van der Waals surface area contributed by atoms with E-state index in [0.717, 1.165) is 24.8 Å². The van der Waals surface area contributed by atoms with Crippen LogP contribution in [0.3, 0.4) is 0 Å². The Kier molecular flexibility index (Phi) is 5.41. The summed E-state index contributed by atoms with van der Waals surface area (Å²) in [5.74, 6) is -0.677. The molecule has 1 amide bonds. The monoisotopic (exact) mass is 305 g/mol. The summed E-state index contributed by atoms with van der Waals surface area (Å²) in [4.78, 5) is 25.1. The van der Waals surface area contributed by atoms with E-state index < -0.39 is 18.1 Å². The molecule has 1 aliphatic heterocycles. The van der Waals surface area contributed by atoms with Crippen molar-refractivity contribution in [3.05, 3.63) is 29.8 Å². The van der Waals surface area contributed by atoms with Crippen molar-refractivity contribution < 1.29 is 19.4 Å². The highest BCUT2D eigenvalue weighted by Gasteiger charge is 2.39. The van der Waals surface area contributed by atoms with Gasteiger partial charge in [-0.15, -0.1) is 0 Å². The molecule has 0 aromatic heterocycles. The number of carboxylic acids is 1. The third-order valence-corrected chi connectivity index (χ3v) is 4.17. The van der Waals surface area contributed by atoms with E-state index in [2.05, 4.69) is 13.8 Å². The second-order valence-corrected chi connectivity index (χ2v) is 5.70. The first-order chi connectivity index (χ1) is 10.6. The quantitative estimate of drug-likeness (QED) is 0.874. The maximum atomic E-state index is 12.4. The van der Waals surface area contributed by atoms with Gasteiger partial charge in [0.1, 0.15) is 6.04 Å². The molecule has 5 nitrogen and oxygen atoms in total. The number of fused-ring (bicyclic) bond motifs is 1.